The van der Waals surface area contributed by atoms with E-state index in [0.717, 1.165) is 24.2 Å². The molecule has 1 aromatic carbocycles. The van der Waals surface area contributed by atoms with Gasteiger partial charge in [-0.25, -0.2) is 4.68 Å². The van der Waals surface area contributed by atoms with E-state index in [1.165, 1.54) is 0 Å². The third-order valence-electron chi connectivity index (χ3n) is 2.92. The van der Waals surface area contributed by atoms with Crippen LogP contribution in [0.3, 0.4) is 0 Å². The van der Waals surface area contributed by atoms with Gasteiger partial charge in [0, 0.05) is 19.2 Å². The van der Waals surface area contributed by atoms with Gasteiger partial charge in [-0.2, -0.15) is 10.1 Å². The Morgan fingerprint density at radius 1 is 1.25 bits per heavy atom. The Hall–Kier alpha value is -2.47. The molecule has 0 saturated carbocycles. The minimum Gasteiger partial charge on any atom is -0.334 e. The van der Waals surface area contributed by atoms with Gasteiger partial charge in [-0.15, -0.1) is 0 Å². The van der Waals surface area contributed by atoms with Crippen LogP contribution in [0.1, 0.15) is 5.82 Å². The predicted octanol–water partition coefficient (Wildman–Crippen LogP) is 1.68. The van der Waals surface area contributed by atoms with Crippen molar-refractivity contribution in [2.75, 3.05) is 13.6 Å². The van der Waals surface area contributed by atoms with E-state index in [0.29, 0.717) is 11.7 Å². The molecule has 3 rings (SSSR count). The number of nitrogens with zero attached hydrogens (tertiary/aromatic N) is 4. The Kier molecular flexibility index (Phi) is 3.56. The molecule has 6 nitrogen and oxygen atoms in total. The van der Waals surface area contributed by atoms with E-state index in [9.17, 15) is 0 Å². The molecule has 0 spiro atoms. The molecule has 0 aliphatic heterocycles. The minimum absolute atomic E-state index is 0.498. The number of benzene rings is 1. The first-order valence-corrected chi connectivity index (χ1v) is 6.44. The maximum atomic E-state index is 5.25. The van der Waals surface area contributed by atoms with Gasteiger partial charge in [0.2, 0.25) is 0 Å². The van der Waals surface area contributed by atoms with Crippen LogP contribution in [0, 0.1) is 0 Å². The number of hydrogen-bond acceptors (Lipinski definition) is 5. The first-order chi connectivity index (χ1) is 9.86. The van der Waals surface area contributed by atoms with Crippen molar-refractivity contribution in [3.8, 4) is 17.1 Å². The lowest BCUT2D eigenvalue weighted by molar-refractivity contribution is 0.422. The van der Waals surface area contributed by atoms with E-state index in [4.69, 9.17) is 4.52 Å². The van der Waals surface area contributed by atoms with Crippen molar-refractivity contribution in [1.82, 2.24) is 25.2 Å². The summed E-state index contributed by atoms with van der Waals surface area (Å²) in [5.41, 5.74) is 1.81. The molecule has 6 heteroatoms. The van der Waals surface area contributed by atoms with Crippen LogP contribution >= 0.6 is 0 Å². The molecule has 20 heavy (non-hydrogen) atoms. The third-order valence-corrected chi connectivity index (χ3v) is 2.92. The molecule has 3 aromatic rings. The first-order valence-electron chi connectivity index (χ1n) is 6.44. The van der Waals surface area contributed by atoms with E-state index in [-0.39, 0.29) is 0 Å². The number of aromatic nitrogens is 4. The fraction of sp³-hybridized carbons (Fsp3) is 0.214. The highest BCUT2D eigenvalue weighted by molar-refractivity contribution is 5.51. The number of rotatable bonds is 5. The summed E-state index contributed by atoms with van der Waals surface area (Å²) in [7, 11) is 1.89. The Labute approximate surface area is 116 Å². The fourth-order valence-electron chi connectivity index (χ4n) is 1.86. The highest BCUT2D eigenvalue weighted by atomic mass is 16.5. The molecule has 0 atom stereocenters. The summed E-state index contributed by atoms with van der Waals surface area (Å²) < 4.78 is 7.04. The zero-order chi connectivity index (χ0) is 13.8. The van der Waals surface area contributed by atoms with Crippen LogP contribution in [0.4, 0.5) is 0 Å². The number of nitrogens with one attached hydrogen (secondary N) is 1. The summed E-state index contributed by atoms with van der Waals surface area (Å²) in [4.78, 5) is 4.35. The molecule has 0 fully saturated rings. The average Bonchev–Trinajstić information content (AvgIpc) is 3.15. The van der Waals surface area contributed by atoms with Gasteiger partial charge in [0.1, 0.15) is 0 Å². The van der Waals surface area contributed by atoms with Gasteiger partial charge >= 0.3 is 0 Å². The zero-order valence-electron chi connectivity index (χ0n) is 11.2. The molecule has 0 bridgehead atoms. The highest BCUT2D eigenvalue weighted by Gasteiger charge is 2.11. The second-order valence-corrected chi connectivity index (χ2v) is 4.38. The quantitative estimate of drug-likeness (QED) is 0.763. The molecule has 102 valence electrons. The molecular formula is C14H15N5O. The van der Waals surface area contributed by atoms with Gasteiger partial charge < -0.3 is 9.84 Å². The van der Waals surface area contributed by atoms with Crippen LogP contribution in [0.15, 0.2) is 47.2 Å². The number of likely N-dealkylation sites (N-methyl/N-ethyl adjacent to an activating group) is 1. The highest BCUT2D eigenvalue weighted by Crippen LogP contribution is 2.18. The normalized spacial score (nSPS) is 10.8. The van der Waals surface area contributed by atoms with Crippen LogP contribution in [-0.4, -0.2) is 33.5 Å². The second-order valence-electron chi connectivity index (χ2n) is 4.38. The standard InChI is InChI=1S/C14H15N5O/c1-15-8-7-13-17-14(20-18-13)11-9-16-19(10-11)12-5-3-2-4-6-12/h2-6,9-10,15H,7-8H2,1H3. The van der Waals surface area contributed by atoms with Gasteiger partial charge in [-0.3, -0.25) is 0 Å². The molecule has 0 aliphatic rings. The molecule has 0 amide bonds. The molecule has 0 aliphatic carbocycles. The molecule has 0 saturated heterocycles. The van der Waals surface area contributed by atoms with Crippen molar-refractivity contribution in [2.24, 2.45) is 0 Å². The maximum absolute atomic E-state index is 5.25. The monoisotopic (exact) mass is 269 g/mol. The summed E-state index contributed by atoms with van der Waals surface area (Å²) in [6.45, 7) is 0.822. The van der Waals surface area contributed by atoms with E-state index in [2.05, 4.69) is 20.6 Å². The summed E-state index contributed by atoms with van der Waals surface area (Å²) in [6.07, 6.45) is 4.35. The Balaban J connectivity index is 1.81. The van der Waals surface area contributed by atoms with Gasteiger partial charge in [-0.05, 0) is 19.2 Å². The lowest BCUT2D eigenvalue weighted by atomic mass is 10.3. The maximum Gasteiger partial charge on any atom is 0.261 e. The van der Waals surface area contributed by atoms with Crippen LogP contribution in [0.25, 0.3) is 17.1 Å². The Morgan fingerprint density at radius 2 is 2.10 bits per heavy atom. The Morgan fingerprint density at radius 3 is 2.90 bits per heavy atom. The van der Waals surface area contributed by atoms with E-state index in [1.807, 2.05) is 43.6 Å². The SMILES string of the molecule is CNCCc1noc(-c2cnn(-c3ccccc3)c2)n1. The largest absolute Gasteiger partial charge is 0.334 e. The topological polar surface area (TPSA) is 68.8 Å². The molecular weight excluding hydrogens is 254 g/mol. The van der Waals surface area contributed by atoms with Crippen molar-refractivity contribution in [3.05, 3.63) is 48.5 Å². The van der Waals surface area contributed by atoms with Crippen LogP contribution in [0.2, 0.25) is 0 Å². The van der Waals surface area contributed by atoms with Gasteiger partial charge in [-0.1, -0.05) is 23.4 Å². The summed E-state index contributed by atoms with van der Waals surface area (Å²) in [5.74, 6) is 1.19. The van der Waals surface area contributed by atoms with Gasteiger partial charge in [0.05, 0.1) is 17.4 Å². The smallest absolute Gasteiger partial charge is 0.261 e. The third kappa shape index (κ3) is 2.60. The lowest BCUT2D eigenvalue weighted by Crippen LogP contribution is -2.10. The minimum atomic E-state index is 0.498. The van der Waals surface area contributed by atoms with Crippen LogP contribution in [-0.2, 0) is 6.42 Å². The van der Waals surface area contributed by atoms with Crippen molar-refractivity contribution in [2.45, 2.75) is 6.42 Å². The van der Waals surface area contributed by atoms with Gasteiger partial charge in [0.15, 0.2) is 5.82 Å². The lowest BCUT2D eigenvalue weighted by Gasteiger charge is -1.98. The molecule has 0 radical (unpaired) electrons. The van der Waals surface area contributed by atoms with E-state index >= 15 is 0 Å². The van der Waals surface area contributed by atoms with E-state index in [1.54, 1.807) is 10.9 Å². The molecule has 1 N–H and O–H groups in total. The average molecular weight is 269 g/mol. The second kappa shape index (κ2) is 5.66. The van der Waals surface area contributed by atoms with Crippen LogP contribution < -0.4 is 5.32 Å². The van der Waals surface area contributed by atoms with Crippen molar-refractivity contribution in [3.63, 3.8) is 0 Å². The summed E-state index contributed by atoms with van der Waals surface area (Å²) in [5, 5.41) is 11.3. The zero-order valence-corrected chi connectivity index (χ0v) is 11.2. The molecule has 2 aromatic heterocycles. The molecule has 0 unspecified atom stereocenters. The number of para-hydroxylation sites is 1. The van der Waals surface area contributed by atoms with Crippen molar-refractivity contribution < 1.29 is 4.52 Å². The van der Waals surface area contributed by atoms with Crippen molar-refractivity contribution in [1.29, 1.82) is 0 Å². The number of hydrogen-bond donors (Lipinski definition) is 1. The van der Waals surface area contributed by atoms with Gasteiger partial charge in [0.25, 0.3) is 5.89 Å². The fourth-order valence-corrected chi connectivity index (χ4v) is 1.86. The predicted molar refractivity (Wildman–Crippen MR) is 74.5 cm³/mol. The van der Waals surface area contributed by atoms with E-state index < -0.39 is 0 Å². The Bertz CT molecular complexity index is 674. The molecule has 2 heterocycles. The summed E-state index contributed by atoms with van der Waals surface area (Å²) >= 11 is 0. The summed E-state index contributed by atoms with van der Waals surface area (Å²) in [6, 6.07) is 9.89. The first kappa shape index (κ1) is 12.6. The van der Waals surface area contributed by atoms with Crippen LogP contribution in [0.5, 0.6) is 0 Å². The van der Waals surface area contributed by atoms with Crippen molar-refractivity contribution >= 4 is 0 Å².